The van der Waals surface area contributed by atoms with Crippen LogP contribution >= 0.6 is 22.6 Å². The number of hydrogen-bond acceptors (Lipinski definition) is 3. The summed E-state index contributed by atoms with van der Waals surface area (Å²) in [5, 5.41) is 0. The van der Waals surface area contributed by atoms with E-state index in [0.29, 0.717) is 5.76 Å². The first-order chi connectivity index (χ1) is 4.20. The van der Waals surface area contributed by atoms with E-state index in [-0.39, 0.29) is 9.67 Å². The van der Waals surface area contributed by atoms with E-state index in [4.69, 9.17) is 10.2 Å². The Morgan fingerprint density at radius 1 is 1.67 bits per heavy atom. The first-order valence-electron chi connectivity index (χ1n) is 2.25. The Hall–Kier alpha value is -0.520. The second kappa shape index (κ2) is 2.38. The molecule has 4 heteroatoms. The number of carbonyl (C=O) groups is 1. The Morgan fingerprint density at radius 3 is 2.56 bits per heavy atom. The predicted molar refractivity (Wildman–Crippen MR) is 41.5 cm³/mol. The second-order valence-corrected chi connectivity index (χ2v) is 2.46. The van der Waals surface area contributed by atoms with Gasteiger partial charge in [-0.3, -0.25) is 4.79 Å². The van der Waals surface area contributed by atoms with E-state index >= 15 is 0 Å². The van der Waals surface area contributed by atoms with Gasteiger partial charge in [-0.1, -0.05) is 0 Å². The molecule has 0 bridgehead atoms. The van der Waals surface area contributed by atoms with E-state index < -0.39 is 0 Å². The molecule has 9 heavy (non-hydrogen) atoms. The topological polar surface area (TPSA) is 56.2 Å². The van der Waals surface area contributed by atoms with Crippen LogP contribution in [0.5, 0.6) is 0 Å². The third-order valence-electron chi connectivity index (χ3n) is 0.821. The summed E-state index contributed by atoms with van der Waals surface area (Å²) < 4.78 is 4.63. The molecule has 0 aromatic carbocycles. The van der Waals surface area contributed by atoms with Crippen LogP contribution in [-0.2, 0) is 0 Å². The molecule has 0 spiro atoms. The maximum Gasteiger partial charge on any atom is 0.257 e. The maximum atomic E-state index is 10.5. The van der Waals surface area contributed by atoms with Crippen molar-refractivity contribution >= 4 is 32.3 Å². The Morgan fingerprint density at radius 2 is 2.33 bits per heavy atom. The van der Waals surface area contributed by atoms with Crippen LogP contribution in [0.4, 0.5) is 5.88 Å². The molecule has 0 saturated heterocycles. The average Bonchev–Trinajstić information content (AvgIpc) is 2.14. The highest BCUT2D eigenvalue weighted by Gasteiger charge is 2.03. The largest absolute Gasteiger partial charge is 0.437 e. The fourth-order valence-corrected chi connectivity index (χ4v) is 0.748. The molecule has 0 unspecified atom stereocenters. The molecule has 0 atom stereocenters. The fraction of sp³-hybridized carbons (Fsp3) is 0. The molecule has 1 aromatic heterocycles. The quantitative estimate of drug-likeness (QED) is 0.593. The first-order valence-corrected chi connectivity index (χ1v) is 3.33. The third-order valence-corrected chi connectivity index (χ3v) is 1.35. The van der Waals surface area contributed by atoms with E-state index in [2.05, 4.69) is 0 Å². The Labute approximate surface area is 65.4 Å². The molecule has 0 amide bonds. The Bertz CT molecular complexity index is 231. The van der Waals surface area contributed by atoms with Gasteiger partial charge in [0, 0.05) is 28.7 Å². The summed E-state index contributed by atoms with van der Waals surface area (Å²) in [7, 11) is 0. The minimum atomic E-state index is -0.135. The number of halogens is 1. The van der Waals surface area contributed by atoms with Gasteiger partial charge < -0.3 is 10.2 Å². The molecular weight excluding hydrogens is 233 g/mol. The Kier molecular flexibility index (Phi) is 1.75. The molecule has 1 aromatic rings. The third kappa shape index (κ3) is 1.44. The summed E-state index contributed by atoms with van der Waals surface area (Å²) in [4.78, 5) is 10.5. The van der Waals surface area contributed by atoms with Gasteiger partial charge in [-0.15, -0.1) is 0 Å². The SMILES string of the molecule is Nc1ccc(C(=O)I)o1. The van der Waals surface area contributed by atoms with E-state index in [9.17, 15) is 4.79 Å². The van der Waals surface area contributed by atoms with E-state index in [1.165, 1.54) is 0 Å². The van der Waals surface area contributed by atoms with Crippen molar-refractivity contribution in [3.05, 3.63) is 17.9 Å². The van der Waals surface area contributed by atoms with Crippen molar-refractivity contribution in [1.82, 2.24) is 0 Å². The van der Waals surface area contributed by atoms with Gasteiger partial charge in [-0.25, -0.2) is 0 Å². The zero-order valence-electron chi connectivity index (χ0n) is 4.43. The summed E-state index contributed by atoms with van der Waals surface area (Å²) in [6, 6.07) is 3.09. The summed E-state index contributed by atoms with van der Waals surface area (Å²) >= 11 is 1.63. The van der Waals surface area contributed by atoms with Gasteiger partial charge in [-0.2, -0.15) is 0 Å². The molecule has 0 saturated carbocycles. The highest BCUT2D eigenvalue weighted by molar-refractivity contribution is 14.1. The van der Waals surface area contributed by atoms with Crippen molar-refractivity contribution in [2.75, 3.05) is 5.73 Å². The molecule has 0 aliphatic carbocycles. The van der Waals surface area contributed by atoms with Gasteiger partial charge in [0.2, 0.25) is 0 Å². The van der Waals surface area contributed by atoms with Crippen molar-refractivity contribution in [3.8, 4) is 0 Å². The van der Waals surface area contributed by atoms with Gasteiger partial charge in [-0.05, 0) is 6.07 Å². The highest BCUT2D eigenvalue weighted by Crippen LogP contribution is 2.11. The molecule has 3 nitrogen and oxygen atoms in total. The smallest absolute Gasteiger partial charge is 0.257 e. The predicted octanol–water partition coefficient (Wildman–Crippen LogP) is 1.44. The lowest BCUT2D eigenvalue weighted by Gasteiger charge is -1.81. The molecule has 1 rings (SSSR count). The molecule has 2 N–H and O–H groups in total. The van der Waals surface area contributed by atoms with Crippen molar-refractivity contribution in [1.29, 1.82) is 0 Å². The zero-order valence-corrected chi connectivity index (χ0v) is 6.58. The molecule has 0 aliphatic rings. The van der Waals surface area contributed by atoms with Crippen molar-refractivity contribution in [2.24, 2.45) is 0 Å². The fourth-order valence-electron chi connectivity index (χ4n) is 0.458. The molecule has 0 aliphatic heterocycles. The van der Waals surface area contributed by atoms with E-state index in [1.54, 1.807) is 34.7 Å². The van der Waals surface area contributed by atoms with Crippen LogP contribution in [0.15, 0.2) is 16.5 Å². The first kappa shape index (κ1) is 6.60. The number of nitrogen functional groups attached to an aromatic ring is 1. The molecular formula is C5H4INO2. The number of anilines is 1. The molecule has 48 valence electrons. The number of nitrogens with two attached hydrogens (primary N) is 1. The van der Waals surface area contributed by atoms with Gasteiger partial charge in [0.1, 0.15) is 0 Å². The standard InChI is InChI=1S/C5H4INO2/c6-5(8)3-1-2-4(7)9-3/h1-2H,7H2. The van der Waals surface area contributed by atoms with Crippen LogP contribution in [0.3, 0.4) is 0 Å². The highest BCUT2D eigenvalue weighted by atomic mass is 127. The van der Waals surface area contributed by atoms with Gasteiger partial charge in [0.05, 0.1) is 0 Å². The van der Waals surface area contributed by atoms with E-state index in [0.717, 1.165) is 0 Å². The normalized spacial score (nSPS) is 9.44. The van der Waals surface area contributed by atoms with Crippen molar-refractivity contribution in [3.63, 3.8) is 0 Å². The number of carbonyl (C=O) groups excluding carboxylic acids is 1. The number of furan rings is 1. The summed E-state index contributed by atoms with van der Waals surface area (Å²) in [5.74, 6) is 0.572. The van der Waals surface area contributed by atoms with Crippen LogP contribution in [0.2, 0.25) is 0 Å². The minimum Gasteiger partial charge on any atom is -0.437 e. The monoisotopic (exact) mass is 237 g/mol. The lowest BCUT2D eigenvalue weighted by atomic mass is 10.5. The van der Waals surface area contributed by atoms with Crippen LogP contribution in [0.25, 0.3) is 0 Å². The number of rotatable bonds is 1. The lowest BCUT2D eigenvalue weighted by molar-refractivity contribution is 0.108. The second-order valence-electron chi connectivity index (χ2n) is 1.48. The molecule has 0 fully saturated rings. The van der Waals surface area contributed by atoms with E-state index in [1.807, 2.05) is 0 Å². The van der Waals surface area contributed by atoms with Gasteiger partial charge in [0.15, 0.2) is 11.6 Å². The van der Waals surface area contributed by atoms with Crippen LogP contribution in [0.1, 0.15) is 10.6 Å². The summed E-state index contributed by atoms with van der Waals surface area (Å²) in [6.45, 7) is 0. The minimum absolute atomic E-state index is 0.135. The average molecular weight is 237 g/mol. The lowest BCUT2D eigenvalue weighted by Crippen LogP contribution is -1.82. The number of hydrogen-bond donors (Lipinski definition) is 1. The molecule has 0 radical (unpaired) electrons. The molecule has 1 heterocycles. The van der Waals surface area contributed by atoms with Crippen molar-refractivity contribution in [2.45, 2.75) is 0 Å². The van der Waals surface area contributed by atoms with Gasteiger partial charge in [0.25, 0.3) is 3.79 Å². The summed E-state index contributed by atoms with van der Waals surface area (Å²) in [6.07, 6.45) is 0. The van der Waals surface area contributed by atoms with Crippen molar-refractivity contribution < 1.29 is 9.21 Å². The van der Waals surface area contributed by atoms with Gasteiger partial charge >= 0.3 is 0 Å². The summed E-state index contributed by atoms with van der Waals surface area (Å²) in [5.41, 5.74) is 5.19. The zero-order chi connectivity index (χ0) is 6.85. The van der Waals surface area contributed by atoms with Crippen LogP contribution in [-0.4, -0.2) is 3.79 Å². The Balaban J connectivity index is 2.98. The van der Waals surface area contributed by atoms with Crippen LogP contribution in [0, 0.1) is 0 Å². The maximum absolute atomic E-state index is 10.5. The van der Waals surface area contributed by atoms with Crippen LogP contribution < -0.4 is 5.73 Å².